The quantitative estimate of drug-likeness (QED) is 0.547. The van der Waals surface area contributed by atoms with Crippen molar-refractivity contribution in [2.24, 2.45) is 0 Å². The summed E-state index contributed by atoms with van der Waals surface area (Å²) in [5, 5.41) is 3.92. The summed E-state index contributed by atoms with van der Waals surface area (Å²) < 4.78 is 0. The highest BCUT2D eigenvalue weighted by atomic mass is 35.5. The maximum Gasteiger partial charge on any atom is 0.129 e. The van der Waals surface area contributed by atoms with Gasteiger partial charge in [-0.15, -0.1) is 6.58 Å². The molecule has 0 fully saturated rings. The molecule has 0 saturated heterocycles. The van der Waals surface area contributed by atoms with Gasteiger partial charge in [0.25, 0.3) is 0 Å². The van der Waals surface area contributed by atoms with Crippen LogP contribution in [-0.2, 0) is 6.42 Å². The molecule has 1 aliphatic heterocycles. The SMILES string of the molecule is C=CC1NCCc2nc(Cl)ccc21. The van der Waals surface area contributed by atoms with Gasteiger partial charge in [-0.3, -0.25) is 0 Å². The number of pyridine rings is 1. The second-order valence-corrected chi connectivity index (χ2v) is 3.47. The first kappa shape index (κ1) is 8.73. The first-order valence-corrected chi connectivity index (χ1v) is 4.70. The average Bonchev–Trinajstić information content (AvgIpc) is 2.16. The van der Waals surface area contributed by atoms with Crippen LogP contribution < -0.4 is 5.32 Å². The monoisotopic (exact) mass is 194 g/mol. The predicted molar refractivity (Wildman–Crippen MR) is 53.9 cm³/mol. The van der Waals surface area contributed by atoms with Crippen LogP contribution in [0.4, 0.5) is 0 Å². The van der Waals surface area contributed by atoms with E-state index in [0.717, 1.165) is 18.7 Å². The molecule has 1 atom stereocenters. The highest BCUT2D eigenvalue weighted by Crippen LogP contribution is 2.23. The molecular formula is C10H11ClN2. The lowest BCUT2D eigenvalue weighted by atomic mass is 9.99. The van der Waals surface area contributed by atoms with Crippen LogP contribution >= 0.6 is 11.6 Å². The summed E-state index contributed by atoms with van der Waals surface area (Å²) in [6.07, 6.45) is 2.84. The van der Waals surface area contributed by atoms with E-state index < -0.39 is 0 Å². The summed E-state index contributed by atoms with van der Waals surface area (Å²) in [6, 6.07) is 4.07. The van der Waals surface area contributed by atoms with E-state index in [1.165, 1.54) is 5.56 Å². The number of rotatable bonds is 1. The Hall–Kier alpha value is -0.860. The molecule has 1 aromatic rings. The number of nitrogens with zero attached hydrogens (tertiary/aromatic N) is 1. The van der Waals surface area contributed by atoms with Gasteiger partial charge in [-0.1, -0.05) is 23.7 Å². The molecule has 68 valence electrons. The molecule has 1 aliphatic rings. The summed E-state index contributed by atoms with van der Waals surface area (Å²) in [5.41, 5.74) is 2.29. The van der Waals surface area contributed by atoms with Crippen molar-refractivity contribution < 1.29 is 0 Å². The van der Waals surface area contributed by atoms with Crippen LogP contribution in [0.3, 0.4) is 0 Å². The Balaban J connectivity index is 2.45. The molecule has 0 bridgehead atoms. The van der Waals surface area contributed by atoms with Crippen molar-refractivity contribution in [2.45, 2.75) is 12.5 Å². The fraction of sp³-hybridized carbons (Fsp3) is 0.300. The van der Waals surface area contributed by atoms with Gasteiger partial charge in [0, 0.05) is 18.7 Å². The lowest BCUT2D eigenvalue weighted by Crippen LogP contribution is -2.29. The number of hydrogen-bond acceptors (Lipinski definition) is 2. The van der Waals surface area contributed by atoms with E-state index in [1.807, 2.05) is 18.2 Å². The largest absolute Gasteiger partial charge is 0.306 e. The highest BCUT2D eigenvalue weighted by Gasteiger charge is 2.17. The minimum absolute atomic E-state index is 0.230. The van der Waals surface area contributed by atoms with Gasteiger partial charge in [0.1, 0.15) is 5.15 Å². The summed E-state index contributed by atoms with van der Waals surface area (Å²) >= 11 is 5.81. The fourth-order valence-corrected chi connectivity index (χ4v) is 1.80. The lowest BCUT2D eigenvalue weighted by molar-refractivity contribution is 0.572. The third-order valence-corrected chi connectivity index (χ3v) is 2.48. The van der Waals surface area contributed by atoms with Gasteiger partial charge in [0.05, 0.1) is 6.04 Å². The van der Waals surface area contributed by atoms with Gasteiger partial charge in [-0.25, -0.2) is 4.98 Å². The standard InChI is InChI=1S/C10H11ClN2/c1-2-8-7-3-4-10(11)13-9(7)5-6-12-8/h2-4,8,12H,1,5-6H2. The molecule has 0 saturated carbocycles. The van der Waals surface area contributed by atoms with Crippen LogP contribution in [0.15, 0.2) is 24.8 Å². The molecule has 2 heterocycles. The van der Waals surface area contributed by atoms with Crippen LogP contribution in [0.5, 0.6) is 0 Å². The van der Waals surface area contributed by atoms with Gasteiger partial charge in [-0.05, 0) is 11.6 Å². The number of fused-ring (bicyclic) bond motifs is 1. The smallest absolute Gasteiger partial charge is 0.129 e. The molecule has 1 aromatic heterocycles. The van der Waals surface area contributed by atoms with Crippen molar-refractivity contribution in [2.75, 3.05) is 6.54 Å². The first-order chi connectivity index (χ1) is 6.31. The molecule has 1 unspecified atom stereocenters. The van der Waals surface area contributed by atoms with E-state index in [2.05, 4.69) is 16.9 Å². The fourth-order valence-electron chi connectivity index (χ4n) is 1.64. The number of hydrogen-bond donors (Lipinski definition) is 1. The minimum atomic E-state index is 0.230. The van der Waals surface area contributed by atoms with Crippen LogP contribution in [0.25, 0.3) is 0 Å². The van der Waals surface area contributed by atoms with Crippen molar-refractivity contribution in [1.29, 1.82) is 0 Å². The third-order valence-electron chi connectivity index (χ3n) is 2.27. The Kier molecular flexibility index (Phi) is 2.34. The average molecular weight is 195 g/mol. The second kappa shape index (κ2) is 3.48. The number of halogens is 1. The van der Waals surface area contributed by atoms with E-state index >= 15 is 0 Å². The van der Waals surface area contributed by atoms with Crippen molar-refractivity contribution >= 4 is 11.6 Å². The number of aromatic nitrogens is 1. The van der Waals surface area contributed by atoms with E-state index in [0.29, 0.717) is 5.15 Å². The Bertz CT molecular complexity index is 336. The molecule has 3 heteroatoms. The Morgan fingerprint density at radius 1 is 1.62 bits per heavy atom. The molecule has 0 aliphatic carbocycles. The predicted octanol–water partition coefficient (Wildman–Crippen LogP) is 2.11. The Labute approximate surface area is 82.6 Å². The highest BCUT2D eigenvalue weighted by molar-refractivity contribution is 6.29. The Morgan fingerprint density at radius 3 is 3.23 bits per heavy atom. The third kappa shape index (κ3) is 1.60. The van der Waals surface area contributed by atoms with Crippen LogP contribution in [0, 0.1) is 0 Å². The first-order valence-electron chi connectivity index (χ1n) is 4.32. The van der Waals surface area contributed by atoms with Gasteiger partial charge in [-0.2, -0.15) is 0 Å². The minimum Gasteiger partial charge on any atom is -0.306 e. The van der Waals surface area contributed by atoms with Crippen molar-refractivity contribution in [3.8, 4) is 0 Å². The molecule has 0 spiro atoms. The molecule has 0 aromatic carbocycles. The second-order valence-electron chi connectivity index (χ2n) is 3.09. The van der Waals surface area contributed by atoms with E-state index in [1.54, 1.807) is 0 Å². The van der Waals surface area contributed by atoms with Gasteiger partial charge >= 0.3 is 0 Å². The summed E-state index contributed by atoms with van der Waals surface area (Å²) in [6.45, 7) is 4.72. The molecule has 0 radical (unpaired) electrons. The van der Waals surface area contributed by atoms with Crippen molar-refractivity contribution in [3.05, 3.63) is 41.2 Å². The van der Waals surface area contributed by atoms with Crippen LogP contribution in [0.2, 0.25) is 5.15 Å². The zero-order chi connectivity index (χ0) is 9.26. The molecular weight excluding hydrogens is 184 g/mol. The van der Waals surface area contributed by atoms with Gasteiger partial charge in [0.2, 0.25) is 0 Å². The zero-order valence-corrected chi connectivity index (χ0v) is 8.01. The topological polar surface area (TPSA) is 24.9 Å². The van der Waals surface area contributed by atoms with E-state index in [-0.39, 0.29) is 6.04 Å². The number of nitrogens with one attached hydrogen (secondary N) is 1. The molecule has 2 nitrogen and oxygen atoms in total. The van der Waals surface area contributed by atoms with Crippen LogP contribution in [0.1, 0.15) is 17.3 Å². The normalized spacial score (nSPS) is 20.8. The Morgan fingerprint density at radius 2 is 2.46 bits per heavy atom. The van der Waals surface area contributed by atoms with Crippen LogP contribution in [-0.4, -0.2) is 11.5 Å². The van der Waals surface area contributed by atoms with Gasteiger partial charge in [0.15, 0.2) is 0 Å². The molecule has 2 rings (SSSR count). The van der Waals surface area contributed by atoms with Gasteiger partial charge < -0.3 is 5.32 Å². The lowest BCUT2D eigenvalue weighted by Gasteiger charge is -2.23. The molecule has 13 heavy (non-hydrogen) atoms. The van der Waals surface area contributed by atoms with E-state index in [9.17, 15) is 0 Å². The molecule has 1 N–H and O–H groups in total. The van der Waals surface area contributed by atoms with E-state index in [4.69, 9.17) is 11.6 Å². The maximum absolute atomic E-state index is 5.81. The zero-order valence-electron chi connectivity index (χ0n) is 7.26. The maximum atomic E-state index is 5.81. The summed E-state index contributed by atoms with van der Waals surface area (Å²) in [4.78, 5) is 4.29. The summed E-state index contributed by atoms with van der Waals surface area (Å²) in [5.74, 6) is 0. The summed E-state index contributed by atoms with van der Waals surface area (Å²) in [7, 11) is 0. The van der Waals surface area contributed by atoms with Crippen molar-refractivity contribution in [1.82, 2.24) is 10.3 Å². The van der Waals surface area contributed by atoms with Crippen molar-refractivity contribution in [3.63, 3.8) is 0 Å². The molecule has 0 amide bonds.